The van der Waals surface area contributed by atoms with Gasteiger partial charge in [-0.25, -0.2) is 15.0 Å². The number of aromatic nitrogens is 3. The van der Waals surface area contributed by atoms with Gasteiger partial charge in [-0.15, -0.1) is 11.3 Å². The lowest BCUT2D eigenvalue weighted by Crippen LogP contribution is -2.00. The molecule has 0 aliphatic rings. The van der Waals surface area contributed by atoms with E-state index in [0.717, 1.165) is 44.2 Å². The van der Waals surface area contributed by atoms with Crippen molar-refractivity contribution < 1.29 is 4.42 Å². The normalized spacial score (nSPS) is 11.6. The summed E-state index contributed by atoms with van der Waals surface area (Å²) in [4.78, 5) is 14.7. The number of hydrogen-bond donors (Lipinski definition) is 0. The van der Waals surface area contributed by atoms with E-state index in [9.17, 15) is 0 Å². The minimum atomic E-state index is 0.605. The molecule has 0 saturated carbocycles. The van der Waals surface area contributed by atoms with E-state index in [1.165, 1.54) is 36.9 Å². The lowest BCUT2D eigenvalue weighted by Gasteiger charge is -2.08. The highest BCUT2D eigenvalue weighted by Crippen LogP contribution is 2.40. The van der Waals surface area contributed by atoms with Crippen LogP contribution in [0.3, 0.4) is 0 Å². The third kappa shape index (κ3) is 4.95. The zero-order valence-corrected chi connectivity index (χ0v) is 27.6. The van der Waals surface area contributed by atoms with Crippen molar-refractivity contribution in [2.75, 3.05) is 0 Å². The predicted octanol–water partition coefficient (Wildman–Crippen LogP) is 12.5. The SMILES string of the molecule is c1ccc(-c2ccc3c(c2)sc2ccc(-c4ccc5oc6cc(-c7nc(-c8ccccc8)nc(-c8ccccc8)n7)ccc6c5c4)cc23)cc1. The summed E-state index contributed by atoms with van der Waals surface area (Å²) in [7, 11) is 0. The van der Waals surface area contributed by atoms with Gasteiger partial charge in [0.15, 0.2) is 17.5 Å². The van der Waals surface area contributed by atoms with Gasteiger partial charge in [0, 0.05) is 47.6 Å². The van der Waals surface area contributed by atoms with E-state index in [2.05, 4.69) is 97.1 Å². The third-order valence-corrected chi connectivity index (χ3v) is 10.5. The molecule has 3 heterocycles. The first-order valence-corrected chi connectivity index (χ1v) is 17.4. The first kappa shape index (κ1) is 28.6. The molecule has 0 spiro atoms. The highest BCUT2D eigenvalue weighted by molar-refractivity contribution is 7.25. The molecule has 234 valence electrons. The number of nitrogens with zero attached hydrogens (tertiary/aromatic N) is 3. The molecule has 0 bridgehead atoms. The largest absolute Gasteiger partial charge is 0.456 e. The molecular weight excluding hydrogens is 631 g/mol. The highest BCUT2D eigenvalue weighted by atomic mass is 32.1. The van der Waals surface area contributed by atoms with Crippen LogP contribution in [-0.2, 0) is 0 Å². The second-order valence-electron chi connectivity index (χ2n) is 12.5. The van der Waals surface area contributed by atoms with Crippen molar-refractivity contribution in [1.29, 1.82) is 0 Å². The first-order valence-electron chi connectivity index (χ1n) is 16.6. The van der Waals surface area contributed by atoms with Crippen LogP contribution in [-0.4, -0.2) is 15.0 Å². The number of rotatable bonds is 5. The van der Waals surface area contributed by atoms with Gasteiger partial charge in [-0.2, -0.15) is 0 Å². The quantitative estimate of drug-likeness (QED) is 0.185. The predicted molar refractivity (Wildman–Crippen MR) is 207 cm³/mol. The Kier molecular flexibility index (Phi) is 6.64. The number of hydrogen-bond acceptors (Lipinski definition) is 5. The van der Waals surface area contributed by atoms with E-state index in [1.807, 2.05) is 78.1 Å². The third-order valence-electron chi connectivity index (χ3n) is 9.34. The average molecular weight is 658 g/mol. The zero-order valence-electron chi connectivity index (χ0n) is 26.7. The second-order valence-corrected chi connectivity index (χ2v) is 13.5. The van der Waals surface area contributed by atoms with E-state index in [1.54, 1.807) is 0 Å². The van der Waals surface area contributed by atoms with E-state index >= 15 is 0 Å². The smallest absolute Gasteiger partial charge is 0.164 e. The van der Waals surface area contributed by atoms with Crippen molar-refractivity contribution in [2.24, 2.45) is 0 Å². The van der Waals surface area contributed by atoms with Gasteiger partial charge >= 0.3 is 0 Å². The molecule has 0 aliphatic heterocycles. The van der Waals surface area contributed by atoms with Crippen LogP contribution in [0.15, 0.2) is 168 Å². The summed E-state index contributed by atoms with van der Waals surface area (Å²) in [6, 6.07) is 57.0. The Balaban J connectivity index is 1.04. The Morgan fingerprint density at radius 1 is 0.320 bits per heavy atom. The standard InChI is InChI=1S/C45H27N3OS/c1-4-10-28(11-5-1)33-16-21-36-38-25-32(19-23-41(38)50-42(36)27-33)31-18-22-39-37(24-31)35-20-17-34(26-40(35)49-39)45-47-43(29-12-6-2-7-13-29)46-44(48-45)30-14-8-3-9-15-30/h1-27H. The summed E-state index contributed by atoms with van der Waals surface area (Å²) in [5.74, 6) is 1.87. The van der Waals surface area contributed by atoms with Crippen LogP contribution < -0.4 is 0 Å². The van der Waals surface area contributed by atoms with E-state index in [4.69, 9.17) is 19.4 Å². The number of thiophene rings is 1. The summed E-state index contributed by atoms with van der Waals surface area (Å²) in [5.41, 5.74) is 9.23. The van der Waals surface area contributed by atoms with Crippen LogP contribution in [0.5, 0.6) is 0 Å². The Morgan fingerprint density at radius 2 is 0.840 bits per heavy atom. The lowest BCUT2D eigenvalue weighted by molar-refractivity contribution is 0.669. The maximum Gasteiger partial charge on any atom is 0.164 e. The summed E-state index contributed by atoms with van der Waals surface area (Å²) in [6.07, 6.45) is 0. The van der Waals surface area contributed by atoms with Crippen LogP contribution in [0.2, 0.25) is 0 Å². The molecule has 0 saturated heterocycles. The molecular formula is C45H27N3OS. The molecule has 0 aliphatic carbocycles. The van der Waals surface area contributed by atoms with Crippen LogP contribution in [0, 0.1) is 0 Å². The van der Waals surface area contributed by atoms with E-state index in [0.29, 0.717) is 17.5 Å². The van der Waals surface area contributed by atoms with Crippen LogP contribution >= 0.6 is 11.3 Å². The molecule has 50 heavy (non-hydrogen) atoms. The Labute approximate surface area is 292 Å². The molecule has 0 N–H and O–H groups in total. The van der Waals surface area contributed by atoms with Crippen LogP contribution in [0.25, 0.3) is 98.5 Å². The van der Waals surface area contributed by atoms with Gasteiger partial charge in [-0.1, -0.05) is 121 Å². The van der Waals surface area contributed by atoms with Gasteiger partial charge in [0.1, 0.15) is 11.2 Å². The van der Waals surface area contributed by atoms with Gasteiger partial charge in [0.2, 0.25) is 0 Å². The number of furan rings is 1. The Bertz CT molecular complexity index is 2800. The van der Waals surface area contributed by atoms with Gasteiger partial charge in [-0.3, -0.25) is 0 Å². The van der Waals surface area contributed by atoms with Crippen molar-refractivity contribution in [3.63, 3.8) is 0 Å². The molecule has 10 rings (SSSR count). The molecule has 0 atom stereocenters. The molecule has 3 aromatic heterocycles. The van der Waals surface area contributed by atoms with E-state index in [-0.39, 0.29) is 0 Å². The molecule has 7 aromatic carbocycles. The molecule has 4 nitrogen and oxygen atoms in total. The summed E-state index contributed by atoms with van der Waals surface area (Å²) in [6.45, 7) is 0. The molecule has 0 fully saturated rings. The van der Waals surface area contributed by atoms with Crippen LogP contribution in [0.1, 0.15) is 0 Å². The van der Waals surface area contributed by atoms with Gasteiger partial charge in [-0.05, 0) is 64.7 Å². The Morgan fingerprint density at radius 3 is 1.52 bits per heavy atom. The fourth-order valence-electron chi connectivity index (χ4n) is 6.80. The molecule has 0 unspecified atom stereocenters. The molecule has 0 radical (unpaired) electrons. The van der Waals surface area contributed by atoms with Crippen molar-refractivity contribution in [2.45, 2.75) is 0 Å². The minimum absolute atomic E-state index is 0.605. The monoisotopic (exact) mass is 657 g/mol. The first-order chi connectivity index (χ1) is 24.7. The van der Waals surface area contributed by atoms with Crippen LogP contribution in [0.4, 0.5) is 0 Å². The topological polar surface area (TPSA) is 51.8 Å². The molecule has 10 aromatic rings. The second kappa shape index (κ2) is 11.6. The molecule has 0 amide bonds. The van der Waals surface area contributed by atoms with Crippen molar-refractivity contribution >= 4 is 53.4 Å². The molecule has 5 heteroatoms. The maximum atomic E-state index is 6.43. The number of fused-ring (bicyclic) bond motifs is 6. The summed E-state index contributed by atoms with van der Waals surface area (Å²) >= 11 is 1.85. The fourth-order valence-corrected chi connectivity index (χ4v) is 7.93. The summed E-state index contributed by atoms with van der Waals surface area (Å²) in [5, 5.41) is 4.71. The van der Waals surface area contributed by atoms with Crippen molar-refractivity contribution in [1.82, 2.24) is 15.0 Å². The van der Waals surface area contributed by atoms with Gasteiger partial charge < -0.3 is 4.42 Å². The van der Waals surface area contributed by atoms with Crippen molar-refractivity contribution in [3.05, 3.63) is 164 Å². The summed E-state index contributed by atoms with van der Waals surface area (Å²) < 4.78 is 9.02. The van der Waals surface area contributed by atoms with Gasteiger partial charge in [0.05, 0.1) is 0 Å². The van der Waals surface area contributed by atoms with Gasteiger partial charge in [0.25, 0.3) is 0 Å². The number of benzene rings is 7. The fraction of sp³-hybridized carbons (Fsp3) is 0. The maximum absolute atomic E-state index is 6.43. The minimum Gasteiger partial charge on any atom is -0.456 e. The Hall–Kier alpha value is -6.43. The highest BCUT2D eigenvalue weighted by Gasteiger charge is 2.16. The lowest BCUT2D eigenvalue weighted by atomic mass is 9.99. The average Bonchev–Trinajstić information content (AvgIpc) is 3.75. The van der Waals surface area contributed by atoms with E-state index < -0.39 is 0 Å². The zero-order chi connectivity index (χ0) is 33.0. The van der Waals surface area contributed by atoms with Crippen molar-refractivity contribution in [3.8, 4) is 56.4 Å².